The maximum Gasteiger partial charge on any atom is 0.304 e. The lowest BCUT2D eigenvalue weighted by Crippen LogP contribution is -2.34. The normalized spacial score (nSPS) is 13.8. The van der Waals surface area contributed by atoms with Crippen LogP contribution in [0, 0.1) is 0 Å². The highest BCUT2D eigenvalue weighted by molar-refractivity contribution is 7.91. The quantitative estimate of drug-likeness (QED) is 0.754. The molecule has 1 rings (SSSR count). The molecule has 0 radical (unpaired) electrons. The summed E-state index contributed by atoms with van der Waals surface area (Å²) in [6.07, 6.45) is -0.369. The van der Waals surface area contributed by atoms with Gasteiger partial charge in [-0.05, 0) is 25.1 Å². The summed E-state index contributed by atoms with van der Waals surface area (Å²) < 4.78 is 49.9. The summed E-state index contributed by atoms with van der Waals surface area (Å²) in [6, 6.07) is 4.16. The molecule has 7 nitrogen and oxygen atoms in total. The molecule has 21 heavy (non-hydrogen) atoms. The molecular weight excluding hydrogens is 318 g/mol. The molecule has 0 aliphatic heterocycles. The number of hydrogen-bond donors (Lipinski definition) is 2. The predicted molar refractivity (Wildman–Crippen MR) is 76.2 cm³/mol. The van der Waals surface area contributed by atoms with Gasteiger partial charge in [0.25, 0.3) is 0 Å². The van der Waals surface area contributed by atoms with Crippen LogP contribution in [0.25, 0.3) is 0 Å². The minimum Gasteiger partial charge on any atom is -0.481 e. The second-order valence-electron chi connectivity index (χ2n) is 4.50. The van der Waals surface area contributed by atoms with E-state index in [1.807, 2.05) is 0 Å². The summed E-state index contributed by atoms with van der Waals surface area (Å²) in [7, 11) is -7.49. The average Bonchev–Trinajstić information content (AvgIpc) is 2.37. The van der Waals surface area contributed by atoms with Crippen LogP contribution in [0.15, 0.2) is 34.1 Å². The van der Waals surface area contributed by atoms with E-state index in [2.05, 4.69) is 4.72 Å². The molecule has 0 aliphatic rings. The third kappa shape index (κ3) is 4.80. The van der Waals surface area contributed by atoms with E-state index in [-0.39, 0.29) is 22.0 Å². The Balaban J connectivity index is 3.10. The van der Waals surface area contributed by atoms with Crippen molar-refractivity contribution in [3.8, 4) is 0 Å². The summed E-state index contributed by atoms with van der Waals surface area (Å²) in [4.78, 5) is 10.2. The van der Waals surface area contributed by atoms with Gasteiger partial charge in [-0.15, -0.1) is 0 Å². The van der Waals surface area contributed by atoms with E-state index >= 15 is 0 Å². The molecule has 0 fully saturated rings. The summed E-state index contributed by atoms with van der Waals surface area (Å²) in [5, 5.41) is 8.62. The first kappa shape index (κ1) is 17.6. The number of nitrogens with one attached hydrogen (secondary N) is 1. The fourth-order valence-electron chi connectivity index (χ4n) is 1.64. The van der Waals surface area contributed by atoms with Crippen LogP contribution in [-0.2, 0) is 24.7 Å². The van der Waals surface area contributed by atoms with E-state index < -0.39 is 31.9 Å². The second kappa shape index (κ2) is 6.54. The number of sulfonamides is 1. The summed E-state index contributed by atoms with van der Waals surface area (Å²) in [6.45, 7) is 2.88. The maximum atomic E-state index is 12.1. The summed E-state index contributed by atoms with van der Waals surface area (Å²) in [5.41, 5.74) is 0. The molecule has 2 N–H and O–H groups in total. The van der Waals surface area contributed by atoms with Gasteiger partial charge in [0, 0.05) is 6.04 Å². The van der Waals surface area contributed by atoms with Gasteiger partial charge >= 0.3 is 5.97 Å². The zero-order valence-corrected chi connectivity index (χ0v) is 13.2. The van der Waals surface area contributed by atoms with Crippen LogP contribution in [0.2, 0.25) is 0 Å². The Bertz CT molecular complexity index is 724. The summed E-state index contributed by atoms with van der Waals surface area (Å²) >= 11 is 0. The number of carbonyl (C=O) groups is 1. The molecule has 118 valence electrons. The second-order valence-corrected chi connectivity index (χ2v) is 8.49. The number of aliphatic carboxylic acids is 1. The van der Waals surface area contributed by atoms with Crippen molar-refractivity contribution in [2.24, 2.45) is 0 Å². The number of carboxylic acids is 1. The van der Waals surface area contributed by atoms with Gasteiger partial charge in [0.1, 0.15) is 0 Å². The highest BCUT2D eigenvalue weighted by atomic mass is 32.2. The Labute approximate surface area is 124 Å². The Kier molecular flexibility index (Phi) is 5.48. The fraction of sp³-hybridized carbons (Fsp3) is 0.417. The van der Waals surface area contributed by atoms with Crippen LogP contribution >= 0.6 is 0 Å². The SMILES string of the molecule is CCS(=O)(=O)c1cccc(S(=O)(=O)NC(C)CC(=O)O)c1. The van der Waals surface area contributed by atoms with E-state index in [1.54, 1.807) is 0 Å². The molecule has 1 aromatic rings. The van der Waals surface area contributed by atoms with Crippen LogP contribution in [0.4, 0.5) is 0 Å². The van der Waals surface area contributed by atoms with Gasteiger partial charge in [-0.2, -0.15) is 0 Å². The lowest BCUT2D eigenvalue weighted by molar-refractivity contribution is -0.137. The lowest BCUT2D eigenvalue weighted by atomic mass is 10.3. The minimum atomic E-state index is -3.97. The lowest BCUT2D eigenvalue weighted by Gasteiger charge is -2.13. The van der Waals surface area contributed by atoms with E-state index in [1.165, 1.54) is 32.0 Å². The highest BCUT2D eigenvalue weighted by Crippen LogP contribution is 2.17. The Hall–Kier alpha value is -1.45. The number of carboxylic acid groups (broad SMARTS) is 1. The molecule has 0 bridgehead atoms. The van der Waals surface area contributed by atoms with Gasteiger partial charge in [0.2, 0.25) is 10.0 Å². The smallest absolute Gasteiger partial charge is 0.304 e. The monoisotopic (exact) mass is 335 g/mol. The molecule has 1 unspecified atom stereocenters. The molecule has 0 spiro atoms. The van der Waals surface area contributed by atoms with E-state index in [0.717, 1.165) is 6.07 Å². The van der Waals surface area contributed by atoms with Gasteiger partial charge in [0.15, 0.2) is 9.84 Å². The van der Waals surface area contributed by atoms with E-state index in [4.69, 9.17) is 5.11 Å². The van der Waals surface area contributed by atoms with Crippen molar-refractivity contribution >= 4 is 25.8 Å². The predicted octanol–water partition coefficient (Wildman–Crippen LogP) is 0.622. The molecule has 0 amide bonds. The Morgan fingerprint density at radius 2 is 1.81 bits per heavy atom. The molecule has 0 aromatic heterocycles. The van der Waals surface area contributed by atoms with Gasteiger partial charge in [-0.3, -0.25) is 4.79 Å². The largest absolute Gasteiger partial charge is 0.481 e. The zero-order chi connectivity index (χ0) is 16.3. The van der Waals surface area contributed by atoms with Gasteiger partial charge in [-0.25, -0.2) is 21.6 Å². The summed E-state index contributed by atoms with van der Waals surface area (Å²) in [5.74, 6) is -1.27. The van der Waals surface area contributed by atoms with Gasteiger partial charge < -0.3 is 5.11 Å². The first-order valence-electron chi connectivity index (χ1n) is 6.15. The average molecular weight is 335 g/mol. The van der Waals surface area contributed by atoms with Crippen molar-refractivity contribution in [3.63, 3.8) is 0 Å². The zero-order valence-electron chi connectivity index (χ0n) is 11.6. The van der Waals surface area contributed by atoms with E-state index in [9.17, 15) is 21.6 Å². The first-order chi connectivity index (χ1) is 9.58. The van der Waals surface area contributed by atoms with Crippen molar-refractivity contribution in [2.45, 2.75) is 36.1 Å². The molecule has 1 aromatic carbocycles. The van der Waals surface area contributed by atoms with Crippen LogP contribution in [0.5, 0.6) is 0 Å². The van der Waals surface area contributed by atoms with E-state index in [0.29, 0.717) is 0 Å². The Morgan fingerprint density at radius 3 is 2.33 bits per heavy atom. The third-order valence-electron chi connectivity index (χ3n) is 2.69. The number of hydrogen-bond acceptors (Lipinski definition) is 5. The Morgan fingerprint density at radius 1 is 1.24 bits per heavy atom. The van der Waals surface area contributed by atoms with Crippen LogP contribution in [-0.4, -0.2) is 39.7 Å². The molecule has 0 aliphatic carbocycles. The van der Waals surface area contributed by atoms with Crippen molar-refractivity contribution in [3.05, 3.63) is 24.3 Å². The number of sulfone groups is 1. The molecule has 9 heteroatoms. The van der Waals surface area contributed by atoms with Gasteiger partial charge in [-0.1, -0.05) is 13.0 Å². The highest BCUT2D eigenvalue weighted by Gasteiger charge is 2.21. The standard InChI is InChI=1S/C12H17NO6S2/c1-3-20(16,17)10-5-4-6-11(8-10)21(18,19)13-9(2)7-12(14)15/h4-6,8-9,13H,3,7H2,1-2H3,(H,14,15). The van der Waals surface area contributed by atoms with Crippen LogP contribution in [0.1, 0.15) is 20.3 Å². The van der Waals surface area contributed by atoms with Crippen LogP contribution < -0.4 is 4.72 Å². The number of rotatable bonds is 7. The molecule has 0 saturated heterocycles. The van der Waals surface area contributed by atoms with Crippen molar-refractivity contribution in [2.75, 3.05) is 5.75 Å². The third-order valence-corrected chi connectivity index (χ3v) is 6.01. The molecule has 0 heterocycles. The molecule has 1 atom stereocenters. The van der Waals surface area contributed by atoms with Crippen molar-refractivity contribution in [1.82, 2.24) is 4.72 Å². The first-order valence-corrected chi connectivity index (χ1v) is 9.29. The van der Waals surface area contributed by atoms with Gasteiger partial charge in [0.05, 0.1) is 22.0 Å². The topological polar surface area (TPSA) is 118 Å². The molecular formula is C12H17NO6S2. The van der Waals surface area contributed by atoms with Crippen molar-refractivity contribution in [1.29, 1.82) is 0 Å². The maximum absolute atomic E-state index is 12.1. The fourth-order valence-corrected chi connectivity index (χ4v) is 3.93. The van der Waals surface area contributed by atoms with Crippen LogP contribution in [0.3, 0.4) is 0 Å². The number of benzene rings is 1. The molecule has 0 saturated carbocycles. The minimum absolute atomic E-state index is 0.0845. The van der Waals surface area contributed by atoms with Crippen molar-refractivity contribution < 1.29 is 26.7 Å².